The summed E-state index contributed by atoms with van der Waals surface area (Å²) in [5, 5.41) is 7.16. The number of nitrogens with zero attached hydrogens (tertiary/aromatic N) is 3. The Kier molecular flexibility index (Phi) is 6.97. The molecule has 6 heteroatoms. The van der Waals surface area contributed by atoms with E-state index in [0.29, 0.717) is 12.1 Å². The quantitative estimate of drug-likeness (QED) is 0.602. The molecule has 26 heavy (non-hydrogen) atoms. The molecule has 0 saturated carbocycles. The van der Waals surface area contributed by atoms with Gasteiger partial charge in [0.05, 0.1) is 12.3 Å². The van der Waals surface area contributed by atoms with Crippen LogP contribution >= 0.6 is 0 Å². The summed E-state index contributed by atoms with van der Waals surface area (Å²) in [5.41, 5.74) is 0. The lowest BCUT2D eigenvalue weighted by Gasteiger charge is -2.35. The number of guanidine groups is 1. The summed E-state index contributed by atoms with van der Waals surface area (Å²) < 4.78 is 5.71. The first-order chi connectivity index (χ1) is 12.7. The minimum absolute atomic E-state index is 0.272. The van der Waals surface area contributed by atoms with Crippen molar-refractivity contribution in [1.82, 2.24) is 20.4 Å². The number of likely N-dealkylation sites (tertiary alicyclic amines) is 2. The minimum atomic E-state index is 0.272. The maximum atomic E-state index is 5.71. The molecule has 0 spiro atoms. The van der Waals surface area contributed by atoms with Crippen LogP contribution in [0.1, 0.15) is 51.3 Å². The molecule has 1 atom stereocenters. The third kappa shape index (κ3) is 5.01. The Labute approximate surface area is 158 Å². The molecule has 1 aromatic heterocycles. The number of piperidine rings is 1. The van der Waals surface area contributed by atoms with Crippen LogP contribution in [0.3, 0.4) is 0 Å². The zero-order valence-corrected chi connectivity index (χ0v) is 16.6. The average Bonchev–Trinajstić information content (AvgIpc) is 3.36. The van der Waals surface area contributed by atoms with E-state index in [1.54, 1.807) is 6.26 Å². The summed E-state index contributed by atoms with van der Waals surface area (Å²) in [6.07, 6.45) is 6.67. The second kappa shape index (κ2) is 9.42. The van der Waals surface area contributed by atoms with Gasteiger partial charge in [0.25, 0.3) is 0 Å². The van der Waals surface area contributed by atoms with E-state index in [9.17, 15) is 0 Å². The van der Waals surface area contributed by atoms with Gasteiger partial charge in [0, 0.05) is 38.8 Å². The molecule has 0 aliphatic carbocycles. The van der Waals surface area contributed by atoms with Crippen molar-refractivity contribution in [2.24, 2.45) is 4.99 Å². The van der Waals surface area contributed by atoms with Crippen LogP contribution in [0.25, 0.3) is 0 Å². The van der Waals surface area contributed by atoms with E-state index in [-0.39, 0.29) is 6.04 Å². The third-order valence-electron chi connectivity index (χ3n) is 5.74. The van der Waals surface area contributed by atoms with Crippen LogP contribution in [0.4, 0.5) is 0 Å². The molecular formula is C20H35N5O. The molecule has 1 aromatic rings. The molecule has 2 N–H and O–H groups in total. The monoisotopic (exact) mass is 361 g/mol. The summed E-state index contributed by atoms with van der Waals surface area (Å²) in [5.74, 6) is 1.95. The summed E-state index contributed by atoms with van der Waals surface area (Å²) in [6.45, 7) is 9.99. The van der Waals surface area contributed by atoms with Crippen LogP contribution in [-0.2, 0) is 0 Å². The van der Waals surface area contributed by atoms with Gasteiger partial charge in [0.15, 0.2) is 5.96 Å². The average molecular weight is 362 g/mol. The molecule has 0 radical (unpaired) electrons. The van der Waals surface area contributed by atoms with E-state index in [1.165, 1.54) is 25.7 Å². The first-order valence-corrected chi connectivity index (χ1v) is 10.2. The highest BCUT2D eigenvalue weighted by molar-refractivity contribution is 5.80. The van der Waals surface area contributed by atoms with Crippen molar-refractivity contribution in [3.63, 3.8) is 0 Å². The minimum Gasteiger partial charge on any atom is -0.468 e. The molecule has 6 nitrogen and oxygen atoms in total. The van der Waals surface area contributed by atoms with Crippen LogP contribution in [0.2, 0.25) is 0 Å². The first-order valence-electron chi connectivity index (χ1n) is 10.2. The summed E-state index contributed by atoms with van der Waals surface area (Å²) in [7, 11) is 1.86. The Balaban J connectivity index is 1.51. The Hall–Kier alpha value is -1.53. The molecule has 0 amide bonds. The lowest BCUT2D eigenvalue weighted by molar-refractivity contribution is 0.167. The van der Waals surface area contributed by atoms with Gasteiger partial charge in [-0.3, -0.25) is 9.89 Å². The molecule has 3 heterocycles. The number of nitrogens with one attached hydrogen (secondary N) is 2. The van der Waals surface area contributed by atoms with Gasteiger partial charge >= 0.3 is 0 Å². The fourth-order valence-electron chi connectivity index (χ4n) is 4.09. The van der Waals surface area contributed by atoms with Crippen molar-refractivity contribution in [3.05, 3.63) is 24.2 Å². The molecular weight excluding hydrogens is 326 g/mol. The molecule has 2 fully saturated rings. The molecule has 2 saturated heterocycles. The molecule has 0 bridgehead atoms. The fraction of sp³-hybridized carbons (Fsp3) is 0.750. The largest absolute Gasteiger partial charge is 0.468 e. The Morgan fingerprint density at radius 1 is 1.19 bits per heavy atom. The lowest BCUT2D eigenvalue weighted by Crippen LogP contribution is -2.50. The first kappa shape index (κ1) is 19.2. The van der Waals surface area contributed by atoms with E-state index in [1.807, 2.05) is 13.1 Å². The van der Waals surface area contributed by atoms with Crippen molar-refractivity contribution in [3.8, 4) is 0 Å². The SMILES string of the molecule is CN=C(NCC(c1ccco1)N1CCCC1)NC1CCN(C(C)C)CC1. The lowest BCUT2D eigenvalue weighted by atomic mass is 10.0. The molecule has 1 unspecified atom stereocenters. The molecule has 3 rings (SSSR count). The van der Waals surface area contributed by atoms with Gasteiger partial charge in [0.2, 0.25) is 0 Å². The standard InChI is InChI=1S/C20H35N5O/c1-16(2)24-12-8-17(9-13-24)23-20(21-3)22-15-18(19-7-6-14-26-19)25-10-4-5-11-25/h6-7,14,16-18H,4-5,8-13,15H2,1-3H3,(H2,21,22,23). The summed E-state index contributed by atoms with van der Waals surface area (Å²) in [6, 6.07) is 5.48. The van der Waals surface area contributed by atoms with E-state index < -0.39 is 0 Å². The van der Waals surface area contributed by atoms with Gasteiger partial charge in [-0.15, -0.1) is 0 Å². The van der Waals surface area contributed by atoms with Crippen molar-refractivity contribution in [2.75, 3.05) is 39.8 Å². The number of aliphatic imine (C=N–C) groups is 1. The Bertz CT molecular complexity index is 543. The van der Waals surface area contributed by atoms with Gasteiger partial charge in [-0.2, -0.15) is 0 Å². The number of hydrogen-bond donors (Lipinski definition) is 2. The maximum Gasteiger partial charge on any atom is 0.191 e. The van der Waals surface area contributed by atoms with E-state index >= 15 is 0 Å². The van der Waals surface area contributed by atoms with Crippen LogP contribution in [0.15, 0.2) is 27.8 Å². The topological polar surface area (TPSA) is 56.0 Å². The van der Waals surface area contributed by atoms with Crippen molar-refractivity contribution in [1.29, 1.82) is 0 Å². The predicted octanol–water partition coefficient (Wildman–Crippen LogP) is 2.45. The molecule has 2 aliphatic heterocycles. The Morgan fingerprint density at radius 3 is 2.50 bits per heavy atom. The zero-order valence-electron chi connectivity index (χ0n) is 16.6. The van der Waals surface area contributed by atoms with Crippen molar-refractivity contribution < 1.29 is 4.42 Å². The van der Waals surface area contributed by atoms with Crippen molar-refractivity contribution >= 4 is 5.96 Å². The van der Waals surface area contributed by atoms with Crippen LogP contribution in [0.5, 0.6) is 0 Å². The number of rotatable bonds is 6. The third-order valence-corrected chi connectivity index (χ3v) is 5.74. The number of furan rings is 1. The van der Waals surface area contributed by atoms with E-state index in [0.717, 1.165) is 44.4 Å². The predicted molar refractivity (Wildman–Crippen MR) is 106 cm³/mol. The smallest absolute Gasteiger partial charge is 0.191 e. The van der Waals surface area contributed by atoms with Gasteiger partial charge in [-0.05, 0) is 64.8 Å². The highest BCUT2D eigenvalue weighted by Crippen LogP contribution is 2.24. The van der Waals surface area contributed by atoms with Crippen molar-refractivity contribution in [2.45, 2.75) is 57.7 Å². The highest BCUT2D eigenvalue weighted by Gasteiger charge is 2.26. The van der Waals surface area contributed by atoms with E-state index in [4.69, 9.17) is 4.42 Å². The van der Waals surface area contributed by atoms with Crippen LogP contribution in [0, 0.1) is 0 Å². The Morgan fingerprint density at radius 2 is 1.92 bits per heavy atom. The van der Waals surface area contributed by atoms with Gasteiger partial charge in [-0.1, -0.05) is 0 Å². The zero-order chi connectivity index (χ0) is 18.4. The van der Waals surface area contributed by atoms with E-state index in [2.05, 4.69) is 45.3 Å². The summed E-state index contributed by atoms with van der Waals surface area (Å²) in [4.78, 5) is 9.51. The normalized spacial score (nSPS) is 22.1. The number of hydrogen-bond acceptors (Lipinski definition) is 4. The van der Waals surface area contributed by atoms with Gasteiger partial charge in [0.1, 0.15) is 5.76 Å². The fourth-order valence-corrected chi connectivity index (χ4v) is 4.09. The van der Waals surface area contributed by atoms with Crippen LogP contribution < -0.4 is 10.6 Å². The second-order valence-electron chi connectivity index (χ2n) is 7.78. The van der Waals surface area contributed by atoms with Gasteiger partial charge < -0.3 is 20.0 Å². The van der Waals surface area contributed by atoms with Crippen LogP contribution in [-0.4, -0.2) is 67.6 Å². The maximum absolute atomic E-state index is 5.71. The molecule has 0 aromatic carbocycles. The van der Waals surface area contributed by atoms with Gasteiger partial charge in [-0.25, -0.2) is 0 Å². The second-order valence-corrected chi connectivity index (χ2v) is 7.78. The molecule has 146 valence electrons. The highest BCUT2D eigenvalue weighted by atomic mass is 16.3. The molecule has 2 aliphatic rings. The summed E-state index contributed by atoms with van der Waals surface area (Å²) >= 11 is 0.